The second-order valence-electron chi connectivity index (χ2n) is 7.80. The van der Waals surface area contributed by atoms with Gasteiger partial charge in [0.25, 0.3) is 0 Å². The minimum absolute atomic E-state index is 0.137. The minimum atomic E-state index is -0.227. The number of amides is 1. The third kappa shape index (κ3) is 5.65. The predicted octanol–water partition coefficient (Wildman–Crippen LogP) is 3.92. The monoisotopic (exact) mass is 318 g/mol. The summed E-state index contributed by atoms with van der Waals surface area (Å²) in [4.78, 5) is 11.7. The van der Waals surface area contributed by atoms with Crippen molar-refractivity contribution in [1.82, 2.24) is 5.32 Å². The van der Waals surface area contributed by atoms with Crippen LogP contribution >= 0.6 is 0 Å². The predicted molar refractivity (Wildman–Crippen MR) is 98.2 cm³/mol. The summed E-state index contributed by atoms with van der Waals surface area (Å²) in [5, 5.41) is 3.82. The summed E-state index contributed by atoms with van der Waals surface area (Å²) < 4.78 is 0. The van der Waals surface area contributed by atoms with E-state index >= 15 is 0 Å². The number of hydrogen-bond donors (Lipinski definition) is 2. The maximum atomic E-state index is 11.7. The molecule has 0 aromatic heterocycles. The van der Waals surface area contributed by atoms with Gasteiger partial charge in [0.2, 0.25) is 5.91 Å². The van der Waals surface area contributed by atoms with Crippen LogP contribution in [0.1, 0.15) is 59.4 Å². The Labute approximate surface area is 142 Å². The lowest BCUT2D eigenvalue weighted by Gasteiger charge is -2.48. The third-order valence-corrected chi connectivity index (χ3v) is 4.79. The number of carbonyl (C=O) groups is 1. The first kappa shape index (κ1) is 19.7. The summed E-state index contributed by atoms with van der Waals surface area (Å²) >= 11 is 0. The van der Waals surface area contributed by atoms with Crippen molar-refractivity contribution in [1.29, 1.82) is 0 Å². The molecule has 130 valence electrons. The van der Waals surface area contributed by atoms with E-state index in [1.807, 2.05) is 6.07 Å². The molecular formula is C20H34N2O. The van der Waals surface area contributed by atoms with E-state index in [-0.39, 0.29) is 16.9 Å². The highest BCUT2D eigenvalue weighted by Crippen LogP contribution is 2.40. The molecule has 1 aromatic rings. The fourth-order valence-corrected chi connectivity index (χ4v) is 3.43. The number of primary amides is 1. The van der Waals surface area contributed by atoms with Gasteiger partial charge in [-0.3, -0.25) is 4.79 Å². The standard InChI is InChI=1S/C20H34N2O/c1-6-12-20(22-15-16(2)3,19(4,5)14-18(21)23)13-17-10-8-7-9-11-17/h7-11,16,22H,6,12-15H2,1-5H3,(H2,21,23). The Kier molecular flexibility index (Phi) is 7.27. The Morgan fingerprint density at radius 1 is 1.22 bits per heavy atom. The second-order valence-corrected chi connectivity index (χ2v) is 7.80. The lowest BCUT2D eigenvalue weighted by atomic mass is 9.64. The molecule has 0 aliphatic heterocycles. The topological polar surface area (TPSA) is 55.1 Å². The Morgan fingerprint density at radius 3 is 2.30 bits per heavy atom. The SMILES string of the molecule is CCCC(Cc1ccccc1)(NCC(C)C)C(C)(C)CC(N)=O. The van der Waals surface area contributed by atoms with E-state index in [0.29, 0.717) is 12.3 Å². The van der Waals surface area contributed by atoms with Gasteiger partial charge in [-0.15, -0.1) is 0 Å². The molecule has 0 aliphatic rings. The molecule has 0 saturated heterocycles. The first-order valence-electron chi connectivity index (χ1n) is 8.79. The molecular weight excluding hydrogens is 284 g/mol. The minimum Gasteiger partial charge on any atom is -0.370 e. The van der Waals surface area contributed by atoms with Crippen LogP contribution in [0.5, 0.6) is 0 Å². The molecule has 3 heteroatoms. The molecule has 0 radical (unpaired) electrons. The van der Waals surface area contributed by atoms with Crippen LogP contribution in [0.4, 0.5) is 0 Å². The van der Waals surface area contributed by atoms with Crippen LogP contribution in [0, 0.1) is 11.3 Å². The largest absolute Gasteiger partial charge is 0.370 e. The molecule has 1 atom stereocenters. The lowest BCUT2D eigenvalue weighted by molar-refractivity contribution is -0.121. The van der Waals surface area contributed by atoms with Gasteiger partial charge in [0, 0.05) is 12.0 Å². The van der Waals surface area contributed by atoms with E-state index in [4.69, 9.17) is 5.73 Å². The number of benzene rings is 1. The molecule has 3 nitrogen and oxygen atoms in total. The molecule has 1 amide bonds. The number of nitrogens with one attached hydrogen (secondary N) is 1. The highest BCUT2D eigenvalue weighted by Gasteiger charge is 2.44. The van der Waals surface area contributed by atoms with Gasteiger partial charge in [-0.2, -0.15) is 0 Å². The van der Waals surface area contributed by atoms with Gasteiger partial charge in [-0.05, 0) is 36.3 Å². The van der Waals surface area contributed by atoms with Gasteiger partial charge in [0.1, 0.15) is 0 Å². The molecule has 23 heavy (non-hydrogen) atoms. The smallest absolute Gasteiger partial charge is 0.218 e. The first-order chi connectivity index (χ1) is 10.7. The summed E-state index contributed by atoms with van der Waals surface area (Å²) in [5.74, 6) is 0.335. The molecule has 1 rings (SSSR count). The van der Waals surface area contributed by atoms with Gasteiger partial charge in [0.15, 0.2) is 0 Å². The summed E-state index contributed by atoms with van der Waals surface area (Å²) in [6.45, 7) is 11.9. The summed E-state index contributed by atoms with van der Waals surface area (Å²) in [6.07, 6.45) is 3.40. The van der Waals surface area contributed by atoms with Crippen molar-refractivity contribution in [2.75, 3.05) is 6.54 Å². The highest BCUT2D eigenvalue weighted by atomic mass is 16.1. The summed E-state index contributed by atoms with van der Waals surface area (Å²) in [6, 6.07) is 10.5. The molecule has 1 aromatic carbocycles. The molecule has 0 aliphatic carbocycles. The van der Waals surface area contributed by atoms with E-state index in [1.165, 1.54) is 5.56 Å². The van der Waals surface area contributed by atoms with Gasteiger partial charge in [0.05, 0.1) is 0 Å². The van der Waals surface area contributed by atoms with Gasteiger partial charge >= 0.3 is 0 Å². The van der Waals surface area contributed by atoms with Crippen molar-refractivity contribution < 1.29 is 4.79 Å². The quantitative estimate of drug-likeness (QED) is 0.687. The van der Waals surface area contributed by atoms with E-state index in [0.717, 1.165) is 25.8 Å². The molecule has 1 unspecified atom stereocenters. The molecule has 3 N–H and O–H groups in total. The lowest BCUT2D eigenvalue weighted by Crippen LogP contribution is -2.59. The number of carbonyl (C=O) groups excluding carboxylic acids is 1. The molecule has 0 fully saturated rings. The zero-order chi connectivity index (χ0) is 17.5. The highest BCUT2D eigenvalue weighted by molar-refractivity contribution is 5.74. The van der Waals surface area contributed by atoms with Crippen LogP contribution in [0.3, 0.4) is 0 Å². The van der Waals surface area contributed by atoms with Crippen LogP contribution in [0.2, 0.25) is 0 Å². The normalized spacial score (nSPS) is 14.7. The van der Waals surface area contributed by atoms with Crippen molar-refractivity contribution in [3.63, 3.8) is 0 Å². The van der Waals surface area contributed by atoms with E-state index < -0.39 is 0 Å². The fourth-order valence-electron chi connectivity index (χ4n) is 3.43. The second kappa shape index (κ2) is 8.49. The molecule has 0 heterocycles. The van der Waals surface area contributed by atoms with Crippen molar-refractivity contribution in [3.8, 4) is 0 Å². The van der Waals surface area contributed by atoms with Crippen LogP contribution in [0.25, 0.3) is 0 Å². The third-order valence-electron chi connectivity index (χ3n) is 4.79. The Bertz CT molecular complexity index is 482. The average Bonchev–Trinajstić information content (AvgIpc) is 2.44. The Balaban J connectivity index is 3.19. The average molecular weight is 319 g/mol. The maximum Gasteiger partial charge on any atom is 0.218 e. The zero-order valence-corrected chi connectivity index (χ0v) is 15.5. The first-order valence-corrected chi connectivity index (χ1v) is 8.79. The number of rotatable bonds is 10. The van der Waals surface area contributed by atoms with Crippen molar-refractivity contribution in [2.45, 2.75) is 65.8 Å². The van der Waals surface area contributed by atoms with Crippen molar-refractivity contribution in [3.05, 3.63) is 35.9 Å². The van der Waals surface area contributed by atoms with Crippen LogP contribution < -0.4 is 11.1 Å². The van der Waals surface area contributed by atoms with E-state index in [2.05, 4.69) is 64.2 Å². The van der Waals surface area contributed by atoms with Crippen molar-refractivity contribution in [2.24, 2.45) is 17.1 Å². The van der Waals surface area contributed by atoms with Crippen LogP contribution in [0.15, 0.2) is 30.3 Å². The summed E-state index contributed by atoms with van der Waals surface area (Å²) in [5.41, 5.74) is 6.51. The zero-order valence-electron chi connectivity index (χ0n) is 15.5. The number of hydrogen-bond acceptors (Lipinski definition) is 2. The maximum absolute atomic E-state index is 11.7. The molecule has 0 saturated carbocycles. The van der Waals surface area contributed by atoms with E-state index in [1.54, 1.807) is 0 Å². The van der Waals surface area contributed by atoms with Gasteiger partial charge < -0.3 is 11.1 Å². The van der Waals surface area contributed by atoms with Gasteiger partial charge in [-0.1, -0.05) is 71.4 Å². The van der Waals surface area contributed by atoms with Crippen molar-refractivity contribution >= 4 is 5.91 Å². The van der Waals surface area contributed by atoms with Crippen LogP contribution in [-0.4, -0.2) is 18.0 Å². The fraction of sp³-hybridized carbons (Fsp3) is 0.650. The summed E-state index contributed by atoms with van der Waals surface area (Å²) in [7, 11) is 0. The Hall–Kier alpha value is -1.35. The molecule has 0 bridgehead atoms. The van der Waals surface area contributed by atoms with E-state index in [9.17, 15) is 4.79 Å². The molecule has 0 spiro atoms. The number of nitrogens with two attached hydrogens (primary N) is 1. The Morgan fingerprint density at radius 2 is 1.83 bits per heavy atom. The van der Waals surface area contributed by atoms with Crippen LogP contribution in [-0.2, 0) is 11.2 Å². The van der Waals surface area contributed by atoms with Gasteiger partial charge in [-0.25, -0.2) is 0 Å².